The van der Waals surface area contributed by atoms with E-state index in [1.807, 2.05) is 6.92 Å². The molecule has 0 saturated heterocycles. The molecule has 3 fully saturated rings. The first-order valence-electron chi connectivity index (χ1n) is 8.79. The molecule has 3 aliphatic rings. The van der Waals surface area contributed by atoms with Crippen LogP contribution < -0.4 is 0 Å². The number of fused-ring (bicyclic) bond motifs is 3. The molecule has 5 atom stereocenters. The van der Waals surface area contributed by atoms with Crippen LogP contribution in [-0.2, 0) is 4.79 Å². The summed E-state index contributed by atoms with van der Waals surface area (Å²) in [6.07, 6.45) is 7.84. The van der Waals surface area contributed by atoms with Crippen LogP contribution in [0.5, 0.6) is 0 Å². The summed E-state index contributed by atoms with van der Waals surface area (Å²) in [7, 11) is 0. The summed E-state index contributed by atoms with van der Waals surface area (Å²) >= 11 is 0. The van der Waals surface area contributed by atoms with E-state index in [9.17, 15) is 15.0 Å². The third kappa shape index (κ3) is 2.01. The van der Waals surface area contributed by atoms with E-state index in [1.165, 1.54) is 5.57 Å². The molecule has 3 saturated carbocycles. The van der Waals surface area contributed by atoms with Crippen molar-refractivity contribution in [1.29, 1.82) is 0 Å². The van der Waals surface area contributed by atoms with Crippen LogP contribution in [0.2, 0.25) is 0 Å². The van der Waals surface area contributed by atoms with Gasteiger partial charge in [-0.15, -0.1) is 0 Å². The van der Waals surface area contributed by atoms with Crippen LogP contribution in [-0.4, -0.2) is 22.8 Å². The smallest absolute Gasteiger partial charge is 0.309 e. The first-order chi connectivity index (χ1) is 10.3. The maximum Gasteiger partial charge on any atom is 0.309 e. The fourth-order valence-corrected chi connectivity index (χ4v) is 6.57. The average molecular weight is 306 g/mol. The average Bonchev–Trinajstić information content (AvgIpc) is 2.46. The van der Waals surface area contributed by atoms with Crippen LogP contribution in [0.1, 0.15) is 65.2 Å². The molecular weight excluding hydrogens is 276 g/mol. The summed E-state index contributed by atoms with van der Waals surface area (Å²) in [6.45, 7) is 8.68. The Bertz CT molecular complexity index is 499. The lowest BCUT2D eigenvalue weighted by Gasteiger charge is -2.64. The van der Waals surface area contributed by atoms with Crippen molar-refractivity contribution >= 4 is 5.97 Å². The van der Waals surface area contributed by atoms with Crippen molar-refractivity contribution < 1.29 is 15.0 Å². The summed E-state index contributed by atoms with van der Waals surface area (Å²) < 4.78 is 0. The van der Waals surface area contributed by atoms with Crippen LogP contribution in [0.15, 0.2) is 12.2 Å². The lowest BCUT2D eigenvalue weighted by molar-refractivity contribution is -0.185. The zero-order valence-electron chi connectivity index (χ0n) is 14.0. The van der Waals surface area contributed by atoms with Gasteiger partial charge in [0.25, 0.3) is 0 Å². The van der Waals surface area contributed by atoms with Gasteiger partial charge in [-0.25, -0.2) is 0 Å². The summed E-state index contributed by atoms with van der Waals surface area (Å²) in [5.41, 5.74) is 0.678. The molecule has 0 heterocycles. The molecule has 0 radical (unpaired) electrons. The summed E-state index contributed by atoms with van der Waals surface area (Å²) in [5, 5.41) is 20.0. The fraction of sp³-hybridized carbons (Fsp3) is 0.842. The van der Waals surface area contributed by atoms with Crippen LogP contribution in [0.3, 0.4) is 0 Å². The van der Waals surface area contributed by atoms with E-state index in [0.717, 1.165) is 51.4 Å². The maximum absolute atomic E-state index is 12.0. The second kappa shape index (κ2) is 5.09. The van der Waals surface area contributed by atoms with Gasteiger partial charge in [0.15, 0.2) is 0 Å². The van der Waals surface area contributed by atoms with Crippen LogP contribution in [0.4, 0.5) is 0 Å². The minimum absolute atomic E-state index is 0.0443. The van der Waals surface area contributed by atoms with Crippen LogP contribution in [0, 0.1) is 28.1 Å². The molecule has 3 nitrogen and oxygen atoms in total. The molecule has 0 amide bonds. The fourth-order valence-electron chi connectivity index (χ4n) is 6.57. The van der Waals surface area contributed by atoms with Gasteiger partial charge in [-0.2, -0.15) is 0 Å². The second-order valence-electron chi connectivity index (χ2n) is 8.71. The van der Waals surface area contributed by atoms with E-state index in [-0.39, 0.29) is 23.4 Å². The quantitative estimate of drug-likeness (QED) is 0.758. The number of carbonyl (C=O) groups is 1. The monoisotopic (exact) mass is 306 g/mol. The molecule has 2 N–H and O–H groups in total. The van der Waals surface area contributed by atoms with Crippen LogP contribution in [0.25, 0.3) is 0 Å². The lowest BCUT2D eigenvalue weighted by Crippen LogP contribution is -2.59. The first kappa shape index (κ1) is 16.0. The van der Waals surface area contributed by atoms with E-state index in [0.29, 0.717) is 5.92 Å². The molecule has 22 heavy (non-hydrogen) atoms. The number of rotatable bonds is 2. The molecule has 3 aliphatic carbocycles. The largest absolute Gasteiger partial charge is 0.481 e. The van der Waals surface area contributed by atoms with Crippen molar-refractivity contribution in [2.45, 2.75) is 65.2 Å². The zero-order chi connectivity index (χ0) is 16.2. The van der Waals surface area contributed by atoms with Crippen molar-refractivity contribution in [3.8, 4) is 0 Å². The highest BCUT2D eigenvalue weighted by atomic mass is 16.4. The number of aliphatic hydroxyl groups is 1. The van der Waals surface area contributed by atoms with Crippen molar-refractivity contribution in [3.05, 3.63) is 12.2 Å². The lowest BCUT2D eigenvalue weighted by atomic mass is 9.40. The Balaban J connectivity index is 2.02. The molecule has 0 aliphatic heterocycles. The van der Waals surface area contributed by atoms with E-state index in [4.69, 9.17) is 0 Å². The Kier molecular flexibility index (Phi) is 3.71. The normalized spacial score (nSPS) is 48.4. The van der Waals surface area contributed by atoms with Crippen LogP contribution >= 0.6 is 0 Å². The Hall–Kier alpha value is -0.830. The van der Waals surface area contributed by atoms with Gasteiger partial charge in [0, 0.05) is 12.0 Å². The van der Waals surface area contributed by atoms with Gasteiger partial charge in [-0.1, -0.05) is 25.5 Å². The third-order valence-electron chi connectivity index (χ3n) is 7.63. The number of aliphatic hydroxyl groups excluding tert-OH is 1. The van der Waals surface area contributed by atoms with E-state index < -0.39 is 11.4 Å². The highest BCUT2D eigenvalue weighted by Crippen LogP contribution is 2.67. The molecule has 0 aromatic carbocycles. The molecule has 3 rings (SSSR count). The van der Waals surface area contributed by atoms with E-state index in [1.54, 1.807) is 0 Å². The van der Waals surface area contributed by atoms with Gasteiger partial charge in [-0.05, 0) is 69.1 Å². The molecule has 3 heteroatoms. The van der Waals surface area contributed by atoms with Crippen molar-refractivity contribution in [3.63, 3.8) is 0 Å². The highest BCUT2D eigenvalue weighted by Gasteiger charge is 2.62. The maximum atomic E-state index is 12.0. The summed E-state index contributed by atoms with van der Waals surface area (Å²) in [5.74, 6) is 0.0515. The molecule has 0 spiro atoms. The number of allylic oxidation sites excluding steroid dienone is 1. The van der Waals surface area contributed by atoms with Gasteiger partial charge >= 0.3 is 5.97 Å². The third-order valence-corrected chi connectivity index (χ3v) is 7.63. The number of carboxylic acids is 1. The predicted octanol–water partition coefficient (Wildman–Crippen LogP) is 4.01. The van der Waals surface area contributed by atoms with Gasteiger partial charge < -0.3 is 10.2 Å². The van der Waals surface area contributed by atoms with Crippen molar-refractivity contribution in [1.82, 2.24) is 0 Å². The zero-order valence-corrected chi connectivity index (χ0v) is 14.0. The Morgan fingerprint density at radius 1 is 1.23 bits per heavy atom. The molecule has 0 bridgehead atoms. The number of hydrogen-bond donors (Lipinski definition) is 2. The SMILES string of the molecule is C=C1CC[C@@H]2C(CO)(CC[C@@H]3C(C)(C(=O)O)CCCC23C)C1. The summed E-state index contributed by atoms with van der Waals surface area (Å²) in [4.78, 5) is 12.0. The van der Waals surface area contributed by atoms with Gasteiger partial charge in [0.1, 0.15) is 0 Å². The Labute approximate surface area is 133 Å². The topological polar surface area (TPSA) is 57.5 Å². The van der Waals surface area contributed by atoms with E-state index >= 15 is 0 Å². The molecule has 3 unspecified atom stereocenters. The molecule has 0 aromatic heterocycles. The Morgan fingerprint density at radius 3 is 2.59 bits per heavy atom. The second-order valence-corrected chi connectivity index (χ2v) is 8.71. The minimum atomic E-state index is -0.625. The minimum Gasteiger partial charge on any atom is -0.481 e. The molecule has 124 valence electrons. The molecular formula is C19H30O3. The standard InChI is InChI=1S/C19H30O3/c1-13-5-6-15-17(2)8-4-9-18(3,16(21)22)14(17)7-10-19(15,11-13)12-20/h14-15,20H,1,4-12H2,2-3H3,(H,21,22)/t14-,15-,17?,18?,19?/m0/s1. The van der Waals surface area contributed by atoms with Crippen molar-refractivity contribution in [2.24, 2.45) is 28.1 Å². The predicted molar refractivity (Wildman–Crippen MR) is 86.4 cm³/mol. The van der Waals surface area contributed by atoms with Gasteiger partial charge in [0.2, 0.25) is 0 Å². The van der Waals surface area contributed by atoms with Crippen molar-refractivity contribution in [2.75, 3.05) is 6.61 Å². The number of aliphatic carboxylic acids is 1. The van der Waals surface area contributed by atoms with Gasteiger partial charge in [0.05, 0.1) is 5.41 Å². The number of hydrogen-bond acceptors (Lipinski definition) is 2. The van der Waals surface area contributed by atoms with Gasteiger partial charge in [-0.3, -0.25) is 4.79 Å². The van der Waals surface area contributed by atoms with E-state index in [2.05, 4.69) is 13.5 Å². The highest BCUT2D eigenvalue weighted by molar-refractivity contribution is 5.75. The number of carboxylic acid groups (broad SMARTS) is 1. The molecule has 0 aromatic rings. The summed E-state index contributed by atoms with van der Waals surface area (Å²) in [6, 6.07) is 0. The first-order valence-corrected chi connectivity index (χ1v) is 8.79. The Morgan fingerprint density at radius 2 is 1.95 bits per heavy atom.